The molecule has 0 radical (unpaired) electrons. The Balaban J connectivity index is 2.14. The molecule has 160 valence electrons. The van der Waals surface area contributed by atoms with Crippen molar-refractivity contribution in [2.75, 3.05) is 13.2 Å². The predicted molar refractivity (Wildman–Crippen MR) is 125 cm³/mol. The second kappa shape index (κ2) is 10.2. The van der Waals surface area contributed by atoms with E-state index in [1.54, 1.807) is 0 Å². The van der Waals surface area contributed by atoms with Gasteiger partial charge in [-0.25, -0.2) is 0 Å². The number of aromatic nitrogens is 2. The molecule has 29 heavy (non-hydrogen) atoms. The van der Waals surface area contributed by atoms with Gasteiger partial charge in [-0.15, -0.1) is 0 Å². The maximum Gasteiger partial charge on any atom is 0.255 e. The highest BCUT2D eigenvalue weighted by Gasteiger charge is 2.36. The number of nitrogens with zero attached hydrogens (tertiary/aromatic N) is 1. The monoisotopic (exact) mass is 452 g/mol. The maximum atomic E-state index is 12.4. The molecule has 1 heterocycles. The lowest BCUT2D eigenvalue weighted by Crippen LogP contribution is -2.41. The van der Waals surface area contributed by atoms with E-state index in [0.29, 0.717) is 30.0 Å². The quantitative estimate of drug-likeness (QED) is 0.232. The van der Waals surface area contributed by atoms with Gasteiger partial charge in [-0.1, -0.05) is 57.7 Å². The van der Waals surface area contributed by atoms with E-state index in [2.05, 4.69) is 38.8 Å². The highest BCUT2D eigenvalue weighted by atomic mass is 32.2. The fourth-order valence-corrected chi connectivity index (χ4v) is 4.92. The molecule has 8 heteroatoms. The van der Waals surface area contributed by atoms with E-state index in [4.69, 9.17) is 21.4 Å². The van der Waals surface area contributed by atoms with E-state index in [-0.39, 0.29) is 17.3 Å². The standard InChI is InChI=1S/C21H32N2O3S2Si/c1-7-17-18(24)22-20(27)23(19(17)28-16-11-9-8-10-12-16)15-25-13-14-26-29(5,6)21(2,3)4/h8-12H,7,13-15H2,1-6H3,(H,22,24,27). The molecule has 0 saturated carbocycles. The van der Waals surface area contributed by atoms with Crippen LogP contribution in [0.25, 0.3) is 0 Å². The third-order valence-corrected chi connectivity index (χ3v) is 11.3. The molecule has 5 nitrogen and oxygen atoms in total. The second-order valence-corrected chi connectivity index (χ2v) is 14.6. The molecule has 1 aromatic carbocycles. The summed E-state index contributed by atoms with van der Waals surface area (Å²) in [6.45, 7) is 14.4. The Morgan fingerprint density at radius 1 is 1.17 bits per heavy atom. The first kappa shape index (κ1) is 24.1. The predicted octanol–water partition coefficient (Wildman–Crippen LogP) is 5.62. The average molecular weight is 453 g/mol. The van der Waals surface area contributed by atoms with Crippen molar-refractivity contribution in [1.82, 2.24) is 9.55 Å². The van der Waals surface area contributed by atoms with Gasteiger partial charge in [0.05, 0.1) is 18.2 Å². The van der Waals surface area contributed by atoms with Gasteiger partial charge in [-0.05, 0) is 48.9 Å². The van der Waals surface area contributed by atoms with Gasteiger partial charge < -0.3 is 9.16 Å². The molecule has 0 aliphatic heterocycles. The molecule has 0 amide bonds. The first-order valence-electron chi connectivity index (χ1n) is 9.87. The van der Waals surface area contributed by atoms with E-state index >= 15 is 0 Å². The first-order valence-corrected chi connectivity index (χ1v) is 14.0. The fraction of sp³-hybridized carbons (Fsp3) is 0.524. The van der Waals surface area contributed by atoms with Crippen LogP contribution in [-0.4, -0.2) is 31.1 Å². The molecule has 0 atom stereocenters. The smallest absolute Gasteiger partial charge is 0.255 e. The summed E-state index contributed by atoms with van der Waals surface area (Å²) in [5, 5.41) is 1.00. The number of rotatable bonds is 9. The minimum Gasteiger partial charge on any atom is -0.414 e. The number of ether oxygens (including phenoxy) is 1. The molecule has 0 spiro atoms. The summed E-state index contributed by atoms with van der Waals surface area (Å²) >= 11 is 6.96. The summed E-state index contributed by atoms with van der Waals surface area (Å²) in [5.41, 5.74) is 0.585. The number of aromatic amines is 1. The van der Waals surface area contributed by atoms with Gasteiger partial charge in [0, 0.05) is 10.5 Å². The zero-order chi connectivity index (χ0) is 21.7. The lowest BCUT2D eigenvalue weighted by atomic mass is 10.2. The van der Waals surface area contributed by atoms with Crippen LogP contribution in [0.2, 0.25) is 18.1 Å². The van der Waals surface area contributed by atoms with Gasteiger partial charge in [0.1, 0.15) is 6.73 Å². The Labute approximate surface area is 184 Å². The van der Waals surface area contributed by atoms with Gasteiger partial charge in [0.15, 0.2) is 13.1 Å². The van der Waals surface area contributed by atoms with E-state index in [1.165, 1.54) is 11.8 Å². The van der Waals surface area contributed by atoms with Crippen LogP contribution >= 0.6 is 24.0 Å². The fourth-order valence-electron chi connectivity index (χ4n) is 2.47. The summed E-state index contributed by atoms with van der Waals surface area (Å²) in [5.74, 6) is 0. The van der Waals surface area contributed by atoms with E-state index in [0.717, 1.165) is 9.92 Å². The summed E-state index contributed by atoms with van der Waals surface area (Å²) in [4.78, 5) is 16.2. The Morgan fingerprint density at radius 3 is 2.41 bits per heavy atom. The number of hydrogen-bond donors (Lipinski definition) is 1. The molecule has 0 fully saturated rings. The maximum absolute atomic E-state index is 12.4. The largest absolute Gasteiger partial charge is 0.414 e. The zero-order valence-electron chi connectivity index (χ0n) is 18.2. The SMILES string of the molecule is CCc1c(Sc2ccccc2)n(COCCO[Si](C)(C)C(C)(C)C)c(=S)[nH]c1=O. The van der Waals surface area contributed by atoms with Gasteiger partial charge in [-0.3, -0.25) is 14.3 Å². The van der Waals surface area contributed by atoms with Crippen molar-refractivity contribution < 1.29 is 9.16 Å². The number of nitrogens with one attached hydrogen (secondary N) is 1. The highest BCUT2D eigenvalue weighted by Crippen LogP contribution is 2.36. The van der Waals surface area contributed by atoms with Gasteiger partial charge in [0.2, 0.25) is 0 Å². The number of H-pyrrole nitrogens is 1. The molecule has 0 unspecified atom stereocenters. The van der Waals surface area contributed by atoms with E-state index in [1.807, 2.05) is 41.8 Å². The molecule has 0 aliphatic carbocycles. The Morgan fingerprint density at radius 2 is 1.83 bits per heavy atom. The van der Waals surface area contributed by atoms with Crippen molar-refractivity contribution in [3.8, 4) is 0 Å². The van der Waals surface area contributed by atoms with Gasteiger partial charge in [0.25, 0.3) is 5.56 Å². The van der Waals surface area contributed by atoms with Crippen LogP contribution in [0.3, 0.4) is 0 Å². The topological polar surface area (TPSA) is 56.2 Å². The van der Waals surface area contributed by atoms with Crippen LogP contribution in [0.15, 0.2) is 45.0 Å². The molecular weight excluding hydrogens is 420 g/mol. The molecule has 1 N–H and O–H groups in total. The third kappa shape index (κ3) is 6.39. The van der Waals surface area contributed by atoms with Crippen LogP contribution in [0.4, 0.5) is 0 Å². The molecule has 1 aromatic heterocycles. The Kier molecular flexibility index (Phi) is 8.48. The lowest BCUT2D eigenvalue weighted by molar-refractivity contribution is 0.0446. The Hall–Kier alpha value is -1.19. The average Bonchev–Trinajstić information content (AvgIpc) is 2.63. The summed E-state index contributed by atoms with van der Waals surface area (Å²) < 4.78 is 14.3. The van der Waals surface area contributed by atoms with Crippen molar-refractivity contribution in [2.45, 2.75) is 68.9 Å². The van der Waals surface area contributed by atoms with Gasteiger partial charge >= 0.3 is 0 Å². The number of hydrogen-bond acceptors (Lipinski definition) is 5. The van der Waals surface area contributed by atoms with Crippen LogP contribution in [0.5, 0.6) is 0 Å². The summed E-state index contributed by atoms with van der Waals surface area (Å²) in [6, 6.07) is 9.98. The van der Waals surface area contributed by atoms with E-state index < -0.39 is 8.32 Å². The first-order chi connectivity index (χ1) is 13.6. The summed E-state index contributed by atoms with van der Waals surface area (Å²) in [6.07, 6.45) is 0.620. The highest BCUT2D eigenvalue weighted by molar-refractivity contribution is 7.99. The van der Waals surface area contributed by atoms with Crippen molar-refractivity contribution in [3.05, 3.63) is 51.0 Å². The minimum absolute atomic E-state index is 0.131. The molecule has 2 aromatic rings. The Bertz CT molecular complexity index is 918. The van der Waals surface area contributed by atoms with Crippen molar-refractivity contribution >= 4 is 32.3 Å². The van der Waals surface area contributed by atoms with Crippen molar-refractivity contribution in [2.24, 2.45) is 0 Å². The molecule has 0 aliphatic rings. The van der Waals surface area contributed by atoms with Crippen LogP contribution in [0, 0.1) is 4.77 Å². The van der Waals surface area contributed by atoms with E-state index in [9.17, 15) is 4.79 Å². The van der Waals surface area contributed by atoms with Crippen LogP contribution in [0.1, 0.15) is 33.3 Å². The van der Waals surface area contributed by atoms with Crippen molar-refractivity contribution in [3.63, 3.8) is 0 Å². The molecule has 2 rings (SSSR count). The van der Waals surface area contributed by atoms with Crippen LogP contribution in [-0.2, 0) is 22.3 Å². The number of benzene rings is 1. The zero-order valence-corrected chi connectivity index (χ0v) is 20.8. The van der Waals surface area contributed by atoms with Crippen molar-refractivity contribution in [1.29, 1.82) is 0 Å². The molecule has 0 saturated heterocycles. The molecule has 0 bridgehead atoms. The molecular formula is C21H32N2O3S2Si. The minimum atomic E-state index is -1.79. The second-order valence-electron chi connectivity index (χ2n) is 8.39. The lowest BCUT2D eigenvalue weighted by Gasteiger charge is -2.36. The van der Waals surface area contributed by atoms with Gasteiger partial charge in [-0.2, -0.15) is 0 Å². The normalized spacial score (nSPS) is 12.3. The summed E-state index contributed by atoms with van der Waals surface area (Å²) in [7, 11) is -1.79. The van der Waals surface area contributed by atoms with Crippen LogP contribution < -0.4 is 5.56 Å². The third-order valence-electron chi connectivity index (χ3n) is 5.27.